The molecule has 0 aromatic heterocycles. The average molecular weight is 244 g/mol. The molecule has 0 aromatic carbocycles. The van der Waals surface area contributed by atoms with Crippen LogP contribution in [0.1, 0.15) is 19.3 Å². The summed E-state index contributed by atoms with van der Waals surface area (Å²) in [7, 11) is 1.24. The number of carboxylic acids is 1. The van der Waals surface area contributed by atoms with Crippen molar-refractivity contribution in [2.24, 2.45) is 0 Å². The molecule has 1 aliphatic rings. The van der Waals surface area contributed by atoms with Crippen LogP contribution in [0.15, 0.2) is 0 Å². The number of urea groups is 1. The predicted molar refractivity (Wildman–Crippen MR) is 57.4 cm³/mol. The second-order valence-corrected chi connectivity index (χ2v) is 3.75. The number of carbonyl (C=O) groups is 3. The van der Waals surface area contributed by atoms with Gasteiger partial charge in [-0.3, -0.25) is 4.79 Å². The second-order valence-electron chi connectivity index (χ2n) is 3.75. The van der Waals surface area contributed by atoms with Gasteiger partial charge in [-0.1, -0.05) is 0 Å². The lowest BCUT2D eigenvalue weighted by molar-refractivity contribution is -0.144. The first-order valence-corrected chi connectivity index (χ1v) is 5.40. The summed E-state index contributed by atoms with van der Waals surface area (Å²) in [4.78, 5) is 34.8. The molecule has 2 N–H and O–H groups in total. The fraction of sp³-hybridized carbons (Fsp3) is 0.700. The first kappa shape index (κ1) is 13.3. The summed E-state index contributed by atoms with van der Waals surface area (Å²) in [5, 5.41) is 11.6. The number of hydrogen-bond donors (Lipinski definition) is 2. The Kier molecular flexibility index (Phi) is 4.74. The first-order valence-electron chi connectivity index (χ1n) is 5.40. The van der Waals surface area contributed by atoms with E-state index in [1.165, 1.54) is 12.0 Å². The molecular weight excluding hydrogens is 228 g/mol. The van der Waals surface area contributed by atoms with Crippen molar-refractivity contribution in [1.82, 2.24) is 10.2 Å². The molecule has 17 heavy (non-hydrogen) atoms. The van der Waals surface area contributed by atoms with Crippen LogP contribution in [0.5, 0.6) is 0 Å². The van der Waals surface area contributed by atoms with Crippen molar-refractivity contribution in [3.05, 3.63) is 0 Å². The fourth-order valence-electron chi connectivity index (χ4n) is 1.71. The van der Waals surface area contributed by atoms with E-state index in [4.69, 9.17) is 5.11 Å². The Morgan fingerprint density at radius 1 is 1.59 bits per heavy atom. The third-order valence-electron chi connectivity index (χ3n) is 2.62. The van der Waals surface area contributed by atoms with Gasteiger partial charge in [0.2, 0.25) is 0 Å². The standard InChI is InChI=1S/C10H16N2O5/c1-17-8(13)4-3-7(9(14)15)12-6-2-5-11-10(12)16/h7H,2-6H2,1H3,(H,11,16)(H,14,15). The number of esters is 1. The van der Waals surface area contributed by atoms with Crippen LogP contribution in [0.2, 0.25) is 0 Å². The number of ether oxygens (including phenoxy) is 1. The summed E-state index contributed by atoms with van der Waals surface area (Å²) in [5.74, 6) is -1.58. The number of aliphatic carboxylic acids is 1. The van der Waals surface area contributed by atoms with E-state index >= 15 is 0 Å². The highest BCUT2D eigenvalue weighted by Gasteiger charge is 2.31. The molecule has 96 valence electrons. The minimum absolute atomic E-state index is 0.0166. The maximum absolute atomic E-state index is 11.5. The summed E-state index contributed by atoms with van der Waals surface area (Å²) < 4.78 is 4.44. The Balaban J connectivity index is 2.61. The van der Waals surface area contributed by atoms with Crippen molar-refractivity contribution in [1.29, 1.82) is 0 Å². The van der Waals surface area contributed by atoms with Crippen LogP contribution in [-0.2, 0) is 14.3 Å². The Morgan fingerprint density at radius 2 is 2.29 bits per heavy atom. The highest BCUT2D eigenvalue weighted by atomic mass is 16.5. The van der Waals surface area contributed by atoms with Gasteiger partial charge in [-0.05, 0) is 12.8 Å². The zero-order valence-corrected chi connectivity index (χ0v) is 9.64. The highest BCUT2D eigenvalue weighted by Crippen LogP contribution is 2.12. The van der Waals surface area contributed by atoms with E-state index in [2.05, 4.69) is 10.1 Å². The number of carboxylic acid groups (broad SMARTS) is 1. The molecule has 1 rings (SSSR count). The van der Waals surface area contributed by atoms with Crippen LogP contribution in [0, 0.1) is 0 Å². The summed E-state index contributed by atoms with van der Waals surface area (Å²) in [5.41, 5.74) is 0. The van der Waals surface area contributed by atoms with E-state index in [0.717, 1.165) is 0 Å². The van der Waals surface area contributed by atoms with Crippen molar-refractivity contribution >= 4 is 18.0 Å². The van der Waals surface area contributed by atoms with Crippen LogP contribution in [0.25, 0.3) is 0 Å². The first-order chi connectivity index (χ1) is 8.06. The molecule has 0 spiro atoms. The molecule has 0 bridgehead atoms. The molecule has 1 aliphatic heterocycles. The highest BCUT2D eigenvalue weighted by molar-refractivity contribution is 5.83. The van der Waals surface area contributed by atoms with Crippen molar-refractivity contribution < 1.29 is 24.2 Å². The van der Waals surface area contributed by atoms with Gasteiger partial charge < -0.3 is 20.1 Å². The molecular formula is C10H16N2O5. The van der Waals surface area contributed by atoms with Crippen LogP contribution < -0.4 is 5.32 Å². The Bertz CT molecular complexity index is 318. The topological polar surface area (TPSA) is 95.9 Å². The van der Waals surface area contributed by atoms with Gasteiger partial charge in [-0.25, -0.2) is 9.59 Å². The fourth-order valence-corrected chi connectivity index (χ4v) is 1.71. The molecule has 1 unspecified atom stereocenters. The zero-order valence-electron chi connectivity index (χ0n) is 9.64. The molecule has 1 heterocycles. The van der Waals surface area contributed by atoms with Crippen molar-refractivity contribution in [2.75, 3.05) is 20.2 Å². The number of methoxy groups -OCH3 is 1. The SMILES string of the molecule is COC(=O)CCC(C(=O)O)N1CCCNC1=O. The zero-order chi connectivity index (χ0) is 12.8. The quantitative estimate of drug-likeness (QED) is 0.653. The predicted octanol–water partition coefficient (Wildman–Crippen LogP) is -0.192. The molecule has 1 saturated heterocycles. The molecule has 1 fully saturated rings. The van der Waals surface area contributed by atoms with Gasteiger partial charge in [0, 0.05) is 19.5 Å². The molecule has 2 amide bonds. The van der Waals surface area contributed by atoms with E-state index in [-0.39, 0.29) is 12.8 Å². The largest absolute Gasteiger partial charge is 0.480 e. The summed E-state index contributed by atoms with van der Waals surface area (Å²) >= 11 is 0. The monoisotopic (exact) mass is 244 g/mol. The van der Waals surface area contributed by atoms with Crippen LogP contribution in [-0.4, -0.2) is 54.2 Å². The molecule has 0 saturated carbocycles. The molecule has 0 radical (unpaired) electrons. The third kappa shape index (κ3) is 3.61. The van der Waals surface area contributed by atoms with Crippen LogP contribution in [0.3, 0.4) is 0 Å². The van der Waals surface area contributed by atoms with E-state index in [0.29, 0.717) is 19.5 Å². The lowest BCUT2D eigenvalue weighted by atomic mass is 10.1. The third-order valence-corrected chi connectivity index (χ3v) is 2.62. The van der Waals surface area contributed by atoms with Gasteiger partial charge in [-0.2, -0.15) is 0 Å². The molecule has 7 nitrogen and oxygen atoms in total. The summed E-state index contributed by atoms with van der Waals surface area (Å²) in [6, 6.07) is -1.37. The maximum Gasteiger partial charge on any atom is 0.326 e. The number of nitrogens with zero attached hydrogens (tertiary/aromatic N) is 1. The van der Waals surface area contributed by atoms with E-state index in [1.807, 2.05) is 0 Å². The Hall–Kier alpha value is -1.79. The average Bonchev–Trinajstić information content (AvgIpc) is 2.30. The number of hydrogen-bond acceptors (Lipinski definition) is 4. The van der Waals surface area contributed by atoms with E-state index in [9.17, 15) is 14.4 Å². The minimum Gasteiger partial charge on any atom is -0.480 e. The second kappa shape index (κ2) is 6.07. The van der Waals surface area contributed by atoms with Gasteiger partial charge >= 0.3 is 18.0 Å². The molecule has 7 heteroatoms. The lowest BCUT2D eigenvalue weighted by Gasteiger charge is -2.32. The van der Waals surface area contributed by atoms with Crippen molar-refractivity contribution in [3.63, 3.8) is 0 Å². The lowest BCUT2D eigenvalue weighted by Crippen LogP contribution is -2.53. The van der Waals surface area contributed by atoms with Gasteiger partial charge in [0.25, 0.3) is 0 Å². The van der Waals surface area contributed by atoms with Gasteiger partial charge in [0.05, 0.1) is 7.11 Å². The molecule has 0 aromatic rings. The Labute approximate surface area is 98.7 Å². The normalized spacial score (nSPS) is 17.2. The number of amides is 2. The maximum atomic E-state index is 11.5. The van der Waals surface area contributed by atoms with Crippen LogP contribution >= 0.6 is 0 Å². The van der Waals surface area contributed by atoms with Crippen LogP contribution in [0.4, 0.5) is 4.79 Å². The van der Waals surface area contributed by atoms with E-state index in [1.54, 1.807) is 0 Å². The molecule has 0 aliphatic carbocycles. The van der Waals surface area contributed by atoms with Gasteiger partial charge in [-0.15, -0.1) is 0 Å². The Morgan fingerprint density at radius 3 is 2.82 bits per heavy atom. The number of rotatable bonds is 5. The van der Waals surface area contributed by atoms with Gasteiger partial charge in [0.1, 0.15) is 6.04 Å². The number of carbonyl (C=O) groups excluding carboxylic acids is 2. The summed E-state index contributed by atoms with van der Waals surface area (Å²) in [6.07, 6.45) is 0.750. The van der Waals surface area contributed by atoms with E-state index < -0.39 is 24.0 Å². The summed E-state index contributed by atoms with van der Waals surface area (Å²) in [6.45, 7) is 0.947. The molecule has 1 atom stereocenters. The van der Waals surface area contributed by atoms with Gasteiger partial charge in [0.15, 0.2) is 0 Å². The minimum atomic E-state index is -1.11. The number of nitrogens with one attached hydrogen (secondary N) is 1. The smallest absolute Gasteiger partial charge is 0.326 e. The van der Waals surface area contributed by atoms with Crippen molar-refractivity contribution in [3.8, 4) is 0 Å². The van der Waals surface area contributed by atoms with Crippen molar-refractivity contribution in [2.45, 2.75) is 25.3 Å².